The zero-order valence-electron chi connectivity index (χ0n) is 8.22. The molecule has 0 bridgehead atoms. The van der Waals surface area contributed by atoms with E-state index in [-0.39, 0.29) is 5.41 Å². The molecule has 2 nitrogen and oxygen atoms in total. The smallest absolute Gasteiger partial charge is 0.195 e. The summed E-state index contributed by atoms with van der Waals surface area (Å²) in [6.07, 6.45) is 3.59. The molecule has 0 spiro atoms. The van der Waals surface area contributed by atoms with E-state index in [4.69, 9.17) is 0 Å². The molecular weight excluding hydrogens is 191 g/mol. The second kappa shape index (κ2) is 3.56. The molecule has 0 aliphatic heterocycles. The SMILES string of the molecule is CC1(C)CCCC(S(=O)(=O)F)CC1. The highest BCUT2D eigenvalue weighted by Crippen LogP contribution is 2.36. The van der Waals surface area contributed by atoms with Crippen molar-refractivity contribution in [1.29, 1.82) is 0 Å². The third-order valence-electron chi connectivity index (χ3n) is 2.92. The number of halogens is 1. The molecule has 1 aliphatic rings. The van der Waals surface area contributed by atoms with Crippen LogP contribution in [0.1, 0.15) is 46.0 Å². The van der Waals surface area contributed by atoms with Crippen LogP contribution in [-0.4, -0.2) is 13.7 Å². The molecule has 1 fully saturated rings. The van der Waals surface area contributed by atoms with E-state index in [9.17, 15) is 12.3 Å². The maximum Gasteiger partial charge on any atom is 0.305 e. The van der Waals surface area contributed by atoms with E-state index >= 15 is 0 Å². The molecule has 78 valence electrons. The molecule has 1 rings (SSSR count). The first-order valence-corrected chi connectivity index (χ1v) is 6.19. The van der Waals surface area contributed by atoms with Gasteiger partial charge >= 0.3 is 10.2 Å². The summed E-state index contributed by atoms with van der Waals surface area (Å²) < 4.78 is 34.0. The van der Waals surface area contributed by atoms with Crippen LogP contribution in [-0.2, 0) is 10.2 Å². The quantitative estimate of drug-likeness (QED) is 0.490. The van der Waals surface area contributed by atoms with Crippen molar-refractivity contribution >= 4 is 10.2 Å². The molecule has 0 N–H and O–H groups in total. The first-order valence-electron chi connectivity index (χ1n) is 4.75. The molecule has 0 heterocycles. The van der Waals surface area contributed by atoms with Gasteiger partial charge in [-0.25, -0.2) is 0 Å². The van der Waals surface area contributed by atoms with Crippen LogP contribution in [0, 0.1) is 5.41 Å². The molecule has 0 amide bonds. The summed E-state index contributed by atoms with van der Waals surface area (Å²) in [7, 11) is -4.30. The van der Waals surface area contributed by atoms with Crippen LogP contribution in [0.25, 0.3) is 0 Å². The second-order valence-corrected chi connectivity index (χ2v) is 6.31. The number of rotatable bonds is 1. The van der Waals surface area contributed by atoms with Gasteiger partial charge in [0, 0.05) is 0 Å². The van der Waals surface area contributed by atoms with Crippen LogP contribution in [0.15, 0.2) is 0 Å². The Morgan fingerprint density at radius 1 is 1.23 bits per heavy atom. The lowest BCUT2D eigenvalue weighted by Crippen LogP contribution is -2.16. The molecule has 0 aromatic rings. The van der Waals surface area contributed by atoms with Crippen molar-refractivity contribution in [3.8, 4) is 0 Å². The maximum atomic E-state index is 12.7. The summed E-state index contributed by atoms with van der Waals surface area (Å²) in [6.45, 7) is 4.22. The predicted molar refractivity (Wildman–Crippen MR) is 50.7 cm³/mol. The molecule has 1 unspecified atom stereocenters. The molecule has 1 atom stereocenters. The Bertz CT molecular complexity index is 269. The minimum absolute atomic E-state index is 0.180. The van der Waals surface area contributed by atoms with Crippen molar-refractivity contribution in [2.45, 2.75) is 51.2 Å². The molecule has 0 radical (unpaired) electrons. The number of hydrogen-bond acceptors (Lipinski definition) is 2. The lowest BCUT2D eigenvalue weighted by Gasteiger charge is -2.21. The second-order valence-electron chi connectivity index (χ2n) is 4.69. The molecule has 0 aromatic carbocycles. The fourth-order valence-electron chi connectivity index (χ4n) is 1.91. The van der Waals surface area contributed by atoms with Gasteiger partial charge in [0.15, 0.2) is 0 Å². The number of hydrogen-bond donors (Lipinski definition) is 0. The van der Waals surface area contributed by atoms with Crippen molar-refractivity contribution in [3.05, 3.63) is 0 Å². The summed E-state index contributed by atoms with van der Waals surface area (Å²) >= 11 is 0. The van der Waals surface area contributed by atoms with Gasteiger partial charge in [-0.15, -0.1) is 3.89 Å². The van der Waals surface area contributed by atoms with E-state index in [2.05, 4.69) is 13.8 Å². The van der Waals surface area contributed by atoms with E-state index in [1.54, 1.807) is 0 Å². The van der Waals surface area contributed by atoms with Gasteiger partial charge < -0.3 is 0 Å². The minimum Gasteiger partial charge on any atom is -0.195 e. The summed E-state index contributed by atoms with van der Waals surface area (Å²) in [4.78, 5) is 0. The van der Waals surface area contributed by atoms with Crippen molar-refractivity contribution in [3.63, 3.8) is 0 Å². The predicted octanol–water partition coefficient (Wildman–Crippen LogP) is 2.64. The molecule has 13 heavy (non-hydrogen) atoms. The zero-order valence-corrected chi connectivity index (χ0v) is 9.03. The third kappa shape index (κ3) is 3.25. The minimum atomic E-state index is -4.30. The first-order chi connectivity index (χ1) is 5.81. The van der Waals surface area contributed by atoms with Crippen LogP contribution in [0.4, 0.5) is 3.89 Å². The van der Waals surface area contributed by atoms with E-state index in [0.717, 1.165) is 19.3 Å². The van der Waals surface area contributed by atoms with Gasteiger partial charge in [-0.2, -0.15) is 8.42 Å². The molecule has 1 saturated carbocycles. The van der Waals surface area contributed by atoms with E-state index in [0.29, 0.717) is 12.8 Å². The molecule has 1 aliphatic carbocycles. The molecular formula is C9H17FO2S. The van der Waals surface area contributed by atoms with Gasteiger partial charge in [-0.05, 0) is 31.1 Å². The van der Waals surface area contributed by atoms with Crippen LogP contribution in [0.2, 0.25) is 0 Å². The van der Waals surface area contributed by atoms with Gasteiger partial charge in [0.2, 0.25) is 0 Å². The summed E-state index contributed by atoms with van der Waals surface area (Å²) in [5.74, 6) is 0. The average Bonchev–Trinajstić information content (AvgIpc) is 2.08. The lowest BCUT2D eigenvalue weighted by molar-refractivity contribution is 0.314. The largest absolute Gasteiger partial charge is 0.305 e. The Morgan fingerprint density at radius 3 is 2.38 bits per heavy atom. The monoisotopic (exact) mass is 208 g/mol. The molecule has 0 saturated heterocycles. The maximum absolute atomic E-state index is 12.7. The fraction of sp³-hybridized carbons (Fsp3) is 1.00. The van der Waals surface area contributed by atoms with Crippen molar-refractivity contribution in [1.82, 2.24) is 0 Å². The lowest BCUT2D eigenvalue weighted by atomic mass is 9.85. The van der Waals surface area contributed by atoms with Gasteiger partial charge in [-0.3, -0.25) is 0 Å². The first kappa shape index (κ1) is 11.0. The highest BCUT2D eigenvalue weighted by molar-refractivity contribution is 7.87. The topological polar surface area (TPSA) is 34.1 Å². The van der Waals surface area contributed by atoms with E-state index in [1.165, 1.54) is 0 Å². The fourth-order valence-corrected chi connectivity index (χ4v) is 2.76. The third-order valence-corrected chi connectivity index (χ3v) is 4.19. The highest BCUT2D eigenvalue weighted by Gasteiger charge is 2.31. The van der Waals surface area contributed by atoms with E-state index in [1.807, 2.05) is 0 Å². The summed E-state index contributed by atoms with van der Waals surface area (Å²) in [5.41, 5.74) is 0.180. The Balaban J connectivity index is 2.66. The van der Waals surface area contributed by atoms with Crippen molar-refractivity contribution < 1.29 is 12.3 Å². The Hall–Kier alpha value is -0.120. The summed E-state index contributed by atoms with van der Waals surface area (Å²) in [6, 6.07) is 0. The Labute approximate surface area is 79.7 Å². The van der Waals surface area contributed by atoms with Crippen LogP contribution in [0.5, 0.6) is 0 Å². The van der Waals surface area contributed by atoms with Gasteiger partial charge in [0.25, 0.3) is 0 Å². The van der Waals surface area contributed by atoms with Gasteiger partial charge in [0.05, 0.1) is 5.25 Å². The van der Waals surface area contributed by atoms with Gasteiger partial charge in [-0.1, -0.05) is 20.3 Å². The van der Waals surface area contributed by atoms with Gasteiger partial charge in [0.1, 0.15) is 0 Å². The molecule has 0 aromatic heterocycles. The Morgan fingerprint density at radius 2 is 1.85 bits per heavy atom. The zero-order chi connectivity index (χ0) is 10.1. The van der Waals surface area contributed by atoms with Crippen molar-refractivity contribution in [2.24, 2.45) is 5.41 Å². The van der Waals surface area contributed by atoms with Crippen LogP contribution < -0.4 is 0 Å². The average molecular weight is 208 g/mol. The van der Waals surface area contributed by atoms with Crippen LogP contribution in [0.3, 0.4) is 0 Å². The van der Waals surface area contributed by atoms with Crippen molar-refractivity contribution in [2.75, 3.05) is 0 Å². The normalized spacial score (nSPS) is 29.6. The molecule has 4 heteroatoms. The van der Waals surface area contributed by atoms with E-state index < -0.39 is 15.5 Å². The Kier molecular flexibility index (Phi) is 3.00. The standard InChI is InChI=1S/C9H17FO2S/c1-9(2)6-3-4-8(5-7-9)13(10,11)12/h8H,3-7H2,1-2H3. The summed E-state index contributed by atoms with van der Waals surface area (Å²) in [5, 5.41) is -0.741. The van der Waals surface area contributed by atoms with Crippen LogP contribution >= 0.6 is 0 Å². The highest BCUT2D eigenvalue weighted by atomic mass is 32.3.